The van der Waals surface area contributed by atoms with Gasteiger partial charge in [0.2, 0.25) is 0 Å². The van der Waals surface area contributed by atoms with Crippen molar-refractivity contribution in [3.63, 3.8) is 0 Å². The number of Topliss-reactive ketones (excluding diaryl/α,β-unsaturated/α-hetero) is 1. The molecule has 0 spiro atoms. The highest BCUT2D eigenvalue weighted by Gasteiger charge is 2.10. The average molecular weight is 267 g/mol. The van der Waals surface area contributed by atoms with Crippen molar-refractivity contribution in [1.29, 1.82) is 0 Å². The second-order valence-corrected chi connectivity index (χ2v) is 5.03. The van der Waals surface area contributed by atoms with E-state index in [9.17, 15) is 4.79 Å². The minimum atomic E-state index is -0.0745. The largest absolute Gasteiger partial charge is 0.324 e. The van der Waals surface area contributed by atoms with Crippen LogP contribution < -0.4 is 5.73 Å². The highest BCUT2D eigenvalue weighted by atomic mass is 16.1. The normalized spacial score (nSPS) is 12.1. The Balaban J connectivity index is 1.95. The number of carbonyl (C=O) groups excluding carboxylic acids is 1. The lowest BCUT2D eigenvalue weighted by Gasteiger charge is -2.11. The summed E-state index contributed by atoms with van der Waals surface area (Å²) in [5, 5.41) is 0. The molecule has 0 aromatic heterocycles. The van der Waals surface area contributed by atoms with Crippen LogP contribution in [0.3, 0.4) is 0 Å². The van der Waals surface area contributed by atoms with Crippen molar-refractivity contribution in [3.05, 3.63) is 71.3 Å². The lowest BCUT2D eigenvalue weighted by molar-refractivity contribution is 0.0977. The zero-order valence-electron chi connectivity index (χ0n) is 11.9. The molecule has 0 bridgehead atoms. The number of aryl methyl sites for hydroxylation is 1. The molecule has 2 rings (SSSR count). The summed E-state index contributed by atoms with van der Waals surface area (Å²) >= 11 is 0. The molecule has 104 valence electrons. The van der Waals surface area contributed by atoms with Gasteiger partial charge in [-0.15, -0.1) is 0 Å². The third kappa shape index (κ3) is 3.78. The SMILES string of the molecule is CCc1cccc(C(=O)CCC(N)c2ccccc2)c1. The monoisotopic (exact) mass is 267 g/mol. The highest BCUT2D eigenvalue weighted by molar-refractivity contribution is 5.96. The summed E-state index contributed by atoms with van der Waals surface area (Å²) in [4.78, 5) is 12.2. The van der Waals surface area contributed by atoms with Gasteiger partial charge in [-0.25, -0.2) is 0 Å². The van der Waals surface area contributed by atoms with Gasteiger partial charge in [-0.1, -0.05) is 55.5 Å². The molecular formula is C18H21NO. The minimum Gasteiger partial charge on any atom is -0.324 e. The first-order valence-corrected chi connectivity index (χ1v) is 7.13. The van der Waals surface area contributed by atoms with Crippen LogP contribution in [0.15, 0.2) is 54.6 Å². The number of hydrogen-bond donors (Lipinski definition) is 1. The molecule has 2 aromatic rings. The second kappa shape index (κ2) is 7.01. The molecule has 0 aliphatic heterocycles. The predicted molar refractivity (Wildman–Crippen MR) is 82.8 cm³/mol. The Labute approximate surface area is 120 Å². The summed E-state index contributed by atoms with van der Waals surface area (Å²) in [5.41, 5.74) is 9.20. The molecular weight excluding hydrogens is 246 g/mol. The standard InChI is InChI=1S/C18H21NO/c1-2-14-7-6-10-16(13-14)18(20)12-11-17(19)15-8-4-3-5-9-15/h3-10,13,17H,2,11-12,19H2,1H3. The number of rotatable bonds is 6. The first-order valence-electron chi connectivity index (χ1n) is 7.13. The van der Waals surface area contributed by atoms with Crippen LogP contribution in [0.1, 0.15) is 47.3 Å². The van der Waals surface area contributed by atoms with Gasteiger partial charge in [-0.3, -0.25) is 4.79 Å². The van der Waals surface area contributed by atoms with E-state index in [1.807, 2.05) is 54.6 Å². The fraction of sp³-hybridized carbons (Fsp3) is 0.278. The molecule has 0 saturated carbocycles. The van der Waals surface area contributed by atoms with Crippen LogP contribution in [0, 0.1) is 0 Å². The summed E-state index contributed by atoms with van der Waals surface area (Å²) < 4.78 is 0. The van der Waals surface area contributed by atoms with E-state index in [0.717, 1.165) is 17.5 Å². The van der Waals surface area contributed by atoms with Crippen LogP contribution in [-0.4, -0.2) is 5.78 Å². The van der Waals surface area contributed by atoms with E-state index in [2.05, 4.69) is 6.92 Å². The fourth-order valence-corrected chi connectivity index (χ4v) is 2.26. The molecule has 1 atom stereocenters. The molecule has 2 N–H and O–H groups in total. The summed E-state index contributed by atoms with van der Waals surface area (Å²) in [5.74, 6) is 0.173. The van der Waals surface area contributed by atoms with Crippen molar-refractivity contribution >= 4 is 5.78 Å². The minimum absolute atomic E-state index is 0.0745. The van der Waals surface area contributed by atoms with E-state index in [1.165, 1.54) is 5.56 Å². The van der Waals surface area contributed by atoms with Crippen LogP contribution in [0.4, 0.5) is 0 Å². The van der Waals surface area contributed by atoms with Crippen molar-refractivity contribution in [2.75, 3.05) is 0 Å². The summed E-state index contributed by atoms with van der Waals surface area (Å²) in [6.45, 7) is 2.09. The Bertz CT molecular complexity index is 563. The molecule has 0 fully saturated rings. The third-order valence-corrected chi connectivity index (χ3v) is 3.57. The fourth-order valence-electron chi connectivity index (χ4n) is 2.26. The molecule has 20 heavy (non-hydrogen) atoms. The van der Waals surface area contributed by atoms with Gasteiger partial charge >= 0.3 is 0 Å². The first kappa shape index (κ1) is 14.5. The van der Waals surface area contributed by atoms with Crippen molar-refractivity contribution < 1.29 is 4.79 Å². The third-order valence-electron chi connectivity index (χ3n) is 3.57. The van der Waals surface area contributed by atoms with E-state index in [1.54, 1.807) is 0 Å². The number of carbonyl (C=O) groups is 1. The summed E-state index contributed by atoms with van der Waals surface area (Å²) in [7, 11) is 0. The Morgan fingerprint density at radius 2 is 1.85 bits per heavy atom. The van der Waals surface area contributed by atoms with Crippen LogP contribution in [0.25, 0.3) is 0 Å². The zero-order chi connectivity index (χ0) is 14.4. The Morgan fingerprint density at radius 1 is 1.10 bits per heavy atom. The molecule has 0 amide bonds. The van der Waals surface area contributed by atoms with Crippen molar-refractivity contribution in [2.24, 2.45) is 5.73 Å². The van der Waals surface area contributed by atoms with Crippen molar-refractivity contribution in [2.45, 2.75) is 32.2 Å². The van der Waals surface area contributed by atoms with E-state index in [-0.39, 0.29) is 11.8 Å². The Kier molecular flexibility index (Phi) is 5.08. The van der Waals surface area contributed by atoms with Gasteiger partial charge in [0.15, 0.2) is 5.78 Å². The van der Waals surface area contributed by atoms with Crippen LogP contribution in [0.5, 0.6) is 0 Å². The lowest BCUT2D eigenvalue weighted by Crippen LogP contribution is -2.12. The molecule has 0 aliphatic rings. The van der Waals surface area contributed by atoms with E-state index < -0.39 is 0 Å². The number of hydrogen-bond acceptors (Lipinski definition) is 2. The van der Waals surface area contributed by atoms with E-state index in [4.69, 9.17) is 5.73 Å². The summed E-state index contributed by atoms with van der Waals surface area (Å²) in [6.07, 6.45) is 2.12. The number of nitrogens with two attached hydrogens (primary N) is 1. The molecule has 2 heteroatoms. The molecule has 2 aromatic carbocycles. The first-order chi connectivity index (χ1) is 9.70. The van der Waals surface area contributed by atoms with Gasteiger partial charge in [0.05, 0.1) is 0 Å². The molecule has 0 saturated heterocycles. The van der Waals surface area contributed by atoms with Gasteiger partial charge in [0.25, 0.3) is 0 Å². The van der Waals surface area contributed by atoms with Gasteiger partial charge in [-0.05, 0) is 30.0 Å². The smallest absolute Gasteiger partial charge is 0.162 e. The summed E-state index contributed by atoms with van der Waals surface area (Å²) in [6, 6.07) is 17.7. The lowest BCUT2D eigenvalue weighted by atomic mass is 9.98. The van der Waals surface area contributed by atoms with Gasteiger partial charge in [-0.2, -0.15) is 0 Å². The predicted octanol–water partition coefficient (Wildman–Crippen LogP) is 3.91. The number of benzene rings is 2. The van der Waals surface area contributed by atoms with Crippen molar-refractivity contribution in [3.8, 4) is 0 Å². The molecule has 0 aliphatic carbocycles. The number of ketones is 1. The van der Waals surface area contributed by atoms with Crippen LogP contribution in [0.2, 0.25) is 0 Å². The maximum Gasteiger partial charge on any atom is 0.162 e. The van der Waals surface area contributed by atoms with Gasteiger partial charge < -0.3 is 5.73 Å². The van der Waals surface area contributed by atoms with Crippen molar-refractivity contribution in [1.82, 2.24) is 0 Å². The molecule has 0 radical (unpaired) electrons. The Morgan fingerprint density at radius 3 is 2.55 bits per heavy atom. The average Bonchev–Trinajstić information content (AvgIpc) is 2.53. The van der Waals surface area contributed by atoms with E-state index in [0.29, 0.717) is 12.8 Å². The van der Waals surface area contributed by atoms with Gasteiger partial charge in [0.1, 0.15) is 0 Å². The maximum absolute atomic E-state index is 12.2. The second-order valence-electron chi connectivity index (χ2n) is 5.03. The van der Waals surface area contributed by atoms with E-state index >= 15 is 0 Å². The molecule has 0 heterocycles. The van der Waals surface area contributed by atoms with Gasteiger partial charge in [0, 0.05) is 18.0 Å². The Hall–Kier alpha value is -1.93. The highest BCUT2D eigenvalue weighted by Crippen LogP contribution is 2.17. The van der Waals surface area contributed by atoms with Crippen LogP contribution >= 0.6 is 0 Å². The quantitative estimate of drug-likeness (QED) is 0.806. The molecule has 2 nitrogen and oxygen atoms in total. The zero-order valence-corrected chi connectivity index (χ0v) is 11.9. The molecule has 1 unspecified atom stereocenters. The van der Waals surface area contributed by atoms with Crippen LogP contribution in [-0.2, 0) is 6.42 Å². The maximum atomic E-state index is 12.2. The topological polar surface area (TPSA) is 43.1 Å².